The van der Waals surface area contributed by atoms with Gasteiger partial charge in [0.25, 0.3) is 0 Å². The van der Waals surface area contributed by atoms with Crippen LogP contribution in [0.25, 0.3) is 0 Å². The van der Waals surface area contributed by atoms with E-state index in [2.05, 4.69) is 9.97 Å². The minimum atomic E-state index is 0.731. The molecule has 0 radical (unpaired) electrons. The molecule has 0 atom stereocenters. The topological polar surface area (TPSA) is 51.8 Å². The van der Waals surface area contributed by atoms with Gasteiger partial charge in [-0.2, -0.15) is 0 Å². The van der Waals surface area contributed by atoms with Crippen LogP contribution in [0.5, 0.6) is 0 Å². The molecule has 0 amide bonds. The maximum Gasteiger partial charge on any atom is 0.109 e. The summed E-state index contributed by atoms with van der Waals surface area (Å²) in [5.41, 5.74) is 6.38. The maximum atomic E-state index is 5.65. The number of nitrogens with zero attached hydrogens (tertiary/aromatic N) is 2. The summed E-state index contributed by atoms with van der Waals surface area (Å²) in [5, 5.41) is 1.86. The molecule has 0 saturated heterocycles. The van der Waals surface area contributed by atoms with Crippen LogP contribution in [0.2, 0.25) is 0 Å². The summed E-state index contributed by atoms with van der Waals surface area (Å²) in [6.45, 7) is 0. The lowest BCUT2D eigenvalue weighted by Crippen LogP contribution is -1.85. The second-order valence-electron chi connectivity index (χ2n) is 2.76. The van der Waals surface area contributed by atoms with Crippen LogP contribution in [0.3, 0.4) is 0 Å². The van der Waals surface area contributed by atoms with Gasteiger partial charge in [0.05, 0.1) is 0 Å². The molecular formula is C10H9N3S2. The van der Waals surface area contributed by atoms with E-state index in [1.54, 1.807) is 40.0 Å². The minimum Gasteiger partial charge on any atom is -0.399 e. The van der Waals surface area contributed by atoms with E-state index in [0.29, 0.717) is 0 Å². The molecule has 15 heavy (non-hydrogen) atoms. The zero-order chi connectivity index (χ0) is 10.5. The Morgan fingerprint density at radius 2 is 1.73 bits per heavy atom. The lowest BCUT2D eigenvalue weighted by molar-refractivity contribution is 1.14. The molecule has 5 heteroatoms. The molecule has 76 valence electrons. The number of hydrogen-bond acceptors (Lipinski definition) is 5. The second kappa shape index (κ2) is 5.04. The Morgan fingerprint density at radius 1 is 0.933 bits per heavy atom. The fraction of sp³-hybridized carbons (Fsp3) is 0. The zero-order valence-corrected chi connectivity index (χ0v) is 9.46. The first-order chi connectivity index (χ1) is 7.34. The fourth-order valence-electron chi connectivity index (χ4n) is 0.952. The summed E-state index contributed by atoms with van der Waals surface area (Å²) in [5.74, 6) is 0. The van der Waals surface area contributed by atoms with Crippen molar-refractivity contribution in [2.45, 2.75) is 10.1 Å². The molecule has 0 saturated carbocycles. The predicted molar refractivity (Wildman–Crippen MR) is 64.6 cm³/mol. The van der Waals surface area contributed by atoms with E-state index in [1.807, 2.05) is 24.3 Å². The smallest absolute Gasteiger partial charge is 0.109 e. The average molecular weight is 235 g/mol. The Labute approximate surface area is 95.9 Å². The van der Waals surface area contributed by atoms with Crippen molar-refractivity contribution in [3.63, 3.8) is 0 Å². The van der Waals surface area contributed by atoms with E-state index in [-0.39, 0.29) is 0 Å². The van der Waals surface area contributed by atoms with Gasteiger partial charge in [0, 0.05) is 18.1 Å². The molecule has 0 spiro atoms. The highest BCUT2D eigenvalue weighted by Gasteiger charge is 1.99. The summed E-state index contributed by atoms with van der Waals surface area (Å²) >= 11 is 0. The number of nitrogens with two attached hydrogens (primary N) is 1. The normalized spacial score (nSPS) is 10.1. The highest BCUT2D eigenvalue weighted by atomic mass is 33.1. The van der Waals surface area contributed by atoms with Crippen molar-refractivity contribution in [1.82, 2.24) is 9.97 Å². The molecule has 0 aliphatic rings. The Balaban J connectivity index is 1.99. The molecule has 0 aliphatic carbocycles. The molecule has 0 unspecified atom stereocenters. The lowest BCUT2D eigenvalue weighted by atomic mass is 10.4. The largest absolute Gasteiger partial charge is 0.399 e. The van der Waals surface area contributed by atoms with Crippen LogP contribution in [-0.2, 0) is 0 Å². The monoisotopic (exact) mass is 235 g/mol. The quantitative estimate of drug-likeness (QED) is 0.829. The van der Waals surface area contributed by atoms with Gasteiger partial charge in [0.1, 0.15) is 10.1 Å². The molecule has 2 rings (SSSR count). The SMILES string of the molecule is Nc1ccnc(SSc2ccccn2)c1. The van der Waals surface area contributed by atoms with Crippen molar-refractivity contribution in [3.05, 3.63) is 42.7 Å². The van der Waals surface area contributed by atoms with E-state index >= 15 is 0 Å². The Kier molecular flexibility index (Phi) is 3.47. The van der Waals surface area contributed by atoms with Crippen molar-refractivity contribution in [3.8, 4) is 0 Å². The van der Waals surface area contributed by atoms with Crippen molar-refractivity contribution in [1.29, 1.82) is 0 Å². The molecule has 2 heterocycles. The second-order valence-corrected chi connectivity index (χ2v) is 4.93. The summed E-state index contributed by atoms with van der Waals surface area (Å²) in [6, 6.07) is 9.44. The average Bonchev–Trinajstić information content (AvgIpc) is 2.28. The third kappa shape index (κ3) is 3.14. The summed E-state index contributed by atoms with van der Waals surface area (Å²) in [6.07, 6.45) is 3.48. The molecule has 0 aromatic carbocycles. The van der Waals surface area contributed by atoms with Gasteiger partial charge in [-0.3, -0.25) is 0 Å². The van der Waals surface area contributed by atoms with Crippen LogP contribution in [0.4, 0.5) is 5.69 Å². The molecule has 2 aromatic rings. The van der Waals surface area contributed by atoms with Crippen LogP contribution < -0.4 is 5.73 Å². The van der Waals surface area contributed by atoms with Crippen molar-refractivity contribution >= 4 is 27.3 Å². The number of anilines is 1. The number of nitrogen functional groups attached to an aromatic ring is 1. The van der Waals surface area contributed by atoms with E-state index in [4.69, 9.17) is 5.73 Å². The van der Waals surface area contributed by atoms with Gasteiger partial charge >= 0.3 is 0 Å². The summed E-state index contributed by atoms with van der Waals surface area (Å²) < 4.78 is 0. The Bertz CT molecular complexity index is 434. The highest BCUT2D eigenvalue weighted by Crippen LogP contribution is 2.35. The van der Waals surface area contributed by atoms with Crippen LogP contribution in [0.15, 0.2) is 52.8 Å². The van der Waals surface area contributed by atoms with Gasteiger partial charge in [-0.05, 0) is 45.9 Å². The zero-order valence-electron chi connectivity index (χ0n) is 7.83. The highest BCUT2D eigenvalue weighted by molar-refractivity contribution is 8.76. The predicted octanol–water partition coefficient (Wildman–Crippen LogP) is 2.86. The number of rotatable bonds is 3. The fourth-order valence-corrected chi connectivity index (χ4v) is 2.73. The molecule has 2 aromatic heterocycles. The Morgan fingerprint density at radius 3 is 2.47 bits per heavy atom. The Hall–Kier alpha value is -1.20. The van der Waals surface area contributed by atoms with E-state index in [9.17, 15) is 0 Å². The summed E-state index contributed by atoms with van der Waals surface area (Å²) in [7, 11) is 3.12. The molecule has 0 bridgehead atoms. The molecular weight excluding hydrogens is 226 g/mol. The first-order valence-corrected chi connectivity index (χ1v) is 6.47. The minimum absolute atomic E-state index is 0.731. The van der Waals surface area contributed by atoms with E-state index < -0.39 is 0 Å². The molecule has 3 nitrogen and oxygen atoms in total. The van der Waals surface area contributed by atoms with Crippen molar-refractivity contribution in [2.24, 2.45) is 0 Å². The van der Waals surface area contributed by atoms with Crippen molar-refractivity contribution < 1.29 is 0 Å². The van der Waals surface area contributed by atoms with Crippen LogP contribution >= 0.6 is 21.6 Å². The van der Waals surface area contributed by atoms with Gasteiger partial charge in [-0.15, -0.1) is 0 Å². The first kappa shape index (κ1) is 10.3. The number of hydrogen-bond donors (Lipinski definition) is 1. The third-order valence-corrected chi connectivity index (χ3v) is 3.77. The van der Waals surface area contributed by atoms with Crippen molar-refractivity contribution in [2.75, 3.05) is 5.73 Å². The molecule has 2 N–H and O–H groups in total. The number of pyridine rings is 2. The van der Waals surface area contributed by atoms with Gasteiger partial charge in [0.2, 0.25) is 0 Å². The first-order valence-electron chi connectivity index (χ1n) is 4.32. The van der Waals surface area contributed by atoms with Gasteiger partial charge < -0.3 is 5.73 Å². The van der Waals surface area contributed by atoms with Gasteiger partial charge in [-0.25, -0.2) is 9.97 Å². The van der Waals surface area contributed by atoms with Crippen LogP contribution in [0, 0.1) is 0 Å². The standard InChI is InChI=1S/C10H9N3S2/c11-8-4-6-13-10(7-8)15-14-9-3-1-2-5-12-9/h1-7H,(H2,11,13). The summed E-state index contributed by atoms with van der Waals surface area (Å²) in [4.78, 5) is 8.39. The molecule has 0 aliphatic heterocycles. The van der Waals surface area contributed by atoms with Crippen LogP contribution in [-0.4, -0.2) is 9.97 Å². The van der Waals surface area contributed by atoms with E-state index in [1.165, 1.54) is 0 Å². The third-order valence-electron chi connectivity index (χ3n) is 1.61. The maximum absolute atomic E-state index is 5.65. The van der Waals surface area contributed by atoms with Gasteiger partial charge in [0.15, 0.2) is 0 Å². The molecule has 0 fully saturated rings. The van der Waals surface area contributed by atoms with Crippen LogP contribution in [0.1, 0.15) is 0 Å². The van der Waals surface area contributed by atoms with Gasteiger partial charge in [-0.1, -0.05) is 6.07 Å². The number of aromatic nitrogens is 2. The lowest BCUT2D eigenvalue weighted by Gasteiger charge is -1.99. The van der Waals surface area contributed by atoms with E-state index in [0.717, 1.165) is 15.7 Å².